The van der Waals surface area contributed by atoms with Crippen LogP contribution >= 0.6 is 22.9 Å². The zero-order valence-corrected chi connectivity index (χ0v) is 13.4. The summed E-state index contributed by atoms with van der Waals surface area (Å²) in [4.78, 5) is 7.58. The molecular formula is C17H15ClN2S. The van der Waals surface area contributed by atoms with Crippen LogP contribution in [0.15, 0.2) is 53.5 Å². The van der Waals surface area contributed by atoms with Crippen molar-refractivity contribution in [2.75, 3.05) is 19.0 Å². The minimum Gasteiger partial charge on any atom is -0.378 e. The van der Waals surface area contributed by atoms with Crippen LogP contribution in [0.25, 0.3) is 10.1 Å². The van der Waals surface area contributed by atoms with Crippen LogP contribution in [0, 0.1) is 0 Å². The monoisotopic (exact) mass is 314 g/mol. The number of halogens is 1. The highest BCUT2D eigenvalue weighted by atomic mass is 35.5. The largest absolute Gasteiger partial charge is 0.378 e. The van der Waals surface area contributed by atoms with Crippen molar-refractivity contribution in [3.8, 4) is 0 Å². The number of hydrogen-bond donors (Lipinski definition) is 0. The molecule has 0 unspecified atom stereocenters. The van der Waals surface area contributed by atoms with E-state index >= 15 is 0 Å². The van der Waals surface area contributed by atoms with E-state index in [9.17, 15) is 0 Å². The second kappa shape index (κ2) is 5.88. The van der Waals surface area contributed by atoms with Crippen molar-refractivity contribution in [2.45, 2.75) is 0 Å². The lowest BCUT2D eigenvalue weighted by molar-refractivity contribution is 1.13. The average molecular weight is 315 g/mol. The number of benzene rings is 2. The Morgan fingerprint density at radius 1 is 1.05 bits per heavy atom. The smallest absolute Gasteiger partial charge is 0.0680 e. The predicted octanol–water partition coefficient (Wildman–Crippen LogP) is 5.37. The van der Waals surface area contributed by atoms with Crippen LogP contribution in [0.4, 0.5) is 11.4 Å². The third-order valence-corrected chi connectivity index (χ3v) is 4.88. The topological polar surface area (TPSA) is 15.6 Å². The Morgan fingerprint density at radius 2 is 1.76 bits per heavy atom. The molecule has 106 valence electrons. The quantitative estimate of drug-likeness (QED) is 0.593. The number of nitrogens with zero attached hydrogens (tertiary/aromatic N) is 2. The molecule has 21 heavy (non-hydrogen) atoms. The van der Waals surface area contributed by atoms with E-state index in [0.29, 0.717) is 0 Å². The van der Waals surface area contributed by atoms with Gasteiger partial charge in [-0.3, -0.25) is 4.99 Å². The molecule has 3 aromatic rings. The van der Waals surface area contributed by atoms with Gasteiger partial charge in [0.25, 0.3) is 0 Å². The molecular weight excluding hydrogens is 300 g/mol. The van der Waals surface area contributed by atoms with Gasteiger partial charge in [-0.05, 0) is 30.3 Å². The maximum Gasteiger partial charge on any atom is 0.0680 e. The Hall–Kier alpha value is -1.84. The van der Waals surface area contributed by atoms with Crippen molar-refractivity contribution in [3.05, 3.63) is 58.4 Å². The minimum atomic E-state index is 0.782. The SMILES string of the molecule is CN(C)c1ccc(N=Cc2sc3ccccc3c2Cl)cc1. The molecule has 0 bridgehead atoms. The summed E-state index contributed by atoms with van der Waals surface area (Å²) in [5.41, 5.74) is 2.09. The number of anilines is 1. The molecule has 1 heterocycles. The van der Waals surface area contributed by atoms with Crippen LogP contribution in [-0.2, 0) is 0 Å². The van der Waals surface area contributed by atoms with Crippen LogP contribution in [0.2, 0.25) is 5.02 Å². The lowest BCUT2D eigenvalue weighted by Gasteiger charge is -2.11. The molecule has 0 amide bonds. The Bertz CT molecular complexity index is 788. The first-order valence-electron chi connectivity index (χ1n) is 6.63. The third kappa shape index (κ3) is 2.94. The molecule has 2 nitrogen and oxygen atoms in total. The van der Waals surface area contributed by atoms with E-state index in [2.05, 4.69) is 28.1 Å². The summed E-state index contributed by atoms with van der Waals surface area (Å²) < 4.78 is 1.19. The molecule has 1 aromatic heterocycles. The molecule has 0 radical (unpaired) electrons. The van der Waals surface area contributed by atoms with Crippen LogP contribution < -0.4 is 4.90 Å². The highest BCUT2D eigenvalue weighted by Crippen LogP contribution is 2.34. The first-order valence-corrected chi connectivity index (χ1v) is 7.83. The third-order valence-electron chi connectivity index (χ3n) is 3.26. The number of thiophene rings is 1. The summed E-state index contributed by atoms with van der Waals surface area (Å²) in [7, 11) is 4.05. The molecule has 3 rings (SSSR count). The summed E-state index contributed by atoms with van der Waals surface area (Å²) in [6.45, 7) is 0. The van der Waals surface area contributed by atoms with E-state index in [4.69, 9.17) is 11.6 Å². The van der Waals surface area contributed by atoms with Crippen LogP contribution in [0.3, 0.4) is 0 Å². The van der Waals surface area contributed by atoms with Gasteiger partial charge in [-0.2, -0.15) is 0 Å². The van der Waals surface area contributed by atoms with Gasteiger partial charge in [-0.25, -0.2) is 0 Å². The van der Waals surface area contributed by atoms with Crippen LogP contribution in [0.5, 0.6) is 0 Å². The number of fused-ring (bicyclic) bond motifs is 1. The van der Waals surface area contributed by atoms with E-state index in [1.54, 1.807) is 11.3 Å². The zero-order chi connectivity index (χ0) is 14.8. The van der Waals surface area contributed by atoms with E-state index in [-0.39, 0.29) is 0 Å². The van der Waals surface area contributed by atoms with Gasteiger partial charge in [0.05, 0.1) is 15.6 Å². The van der Waals surface area contributed by atoms with Crippen molar-refractivity contribution < 1.29 is 0 Å². The van der Waals surface area contributed by atoms with E-state index < -0.39 is 0 Å². The van der Waals surface area contributed by atoms with Crippen molar-refractivity contribution in [1.82, 2.24) is 0 Å². The fraction of sp³-hybridized carbons (Fsp3) is 0.118. The number of hydrogen-bond acceptors (Lipinski definition) is 3. The van der Waals surface area contributed by atoms with Crippen molar-refractivity contribution >= 4 is 50.6 Å². The summed E-state index contributed by atoms with van der Waals surface area (Å²) >= 11 is 8.06. The van der Waals surface area contributed by atoms with E-state index in [0.717, 1.165) is 26.7 Å². The summed E-state index contributed by atoms with van der Waals surface area (Å²) in [6.07, 6.45) is 1.84. The lowest BCUT2D eigenvalue weighted by Crippen LogP contribution is -2.07. The Labute approximate surface area is 133 Å². The van der Waals surface area contributed by atoms with Gasteiger partial charge in [-0.15, -0.1) is 11.3 Å². The molecule has 0 spiro atoms. The lowest BCUT2D eigenvalue weighted by atomic mass is 10.2. The molecule has 0 N–H and O–H groups in total. The molecule has 0 aliphatic rings. The molecule has 0 atom stereocenters. The van der Waals surface area contributed by atoms with Gasteiger partial charge in [0, 0.05) is 36.1 Å². The average Bonchev–Trinajstić information content (AvgIpc) is 2.82. The molecule has 0 aliphatic heterocycles. The molecule has 2 aromatic carbocycles. The standard InChI is InChI=1S/C17H15ClN2S/c1-20(2)13-9-7-12(8-10-13)19-11-16-17(18)14-5-3-4-6-15(14)21-16/h3-11H,1-2H3. The summed E-state index contributed by atoms with van der Waals surface area (Å²) in [5, 5.41) is 1.87. The molecule has 0 saturated carbocycles. The molecule has 0 fully saturated rings. The van der Waals surface area contributed by atoms with Gasteiger partial charge in [0.15, 0.2) is 0 Å². The first-order chi connectivity index (χ1) is 10.1. The Balaban J connectivity index is 1.89. The van der Waals surface area contributed by atoms with Crippen LogP contribution in [-0.4, -0.2) is 20.3 Å². The van der Waals surface area contributed by atoms with Crippen LogP contribution in [0.1, 0.15) is 4.88 Å². The highest BCUT2D eigenvalue weighted by molar-refractivity contribution is 7.21. The van der Waals surface area contributed by atoms with E-state index in [1.807, 2.05) is 50.6 Å². The van der Waals surface area contributed by atoms with Gasteiger partial charge in [-0.1, -0.05) is 29.8 Å². The van der Waals surface area contributed by atoms with Crippen molar-refractivity contribution in [2.24, 2.45) is 4.99 Å². The van der Waals surface area contributed by atoms with Gasteiger partial charge < -0.3 is 4.90 Å². The van der Waals surface area contributed by atoms with Gasteiger partial charge in [0.1, 0.15) is 0 Å². The summed E-state index contributed by atoms with van der Waals surface area (Å²) in [6, 6.07) is 16.3. The maximum absolute atomic E-state index is 6.40. The minimum absolute atomic E-state index is 0.782. The maximum atomic E-state index is 6.40. The van der Waals surface area contributed by atoms with Gasteiger partial charge >= 0.3 is 0 Å². The molecule has 0 aliphatic carbocycles. The first kappa shape index (κ1) is 14.1. The second-order valence-corrected chi connectivity index (χ2v) is 6.41. The molecule has 4 heteroatoms. The number of rotatable bonds is 3. The Morgan fingerprint density at radius 3 is 2.43 bits per heavy atom. The zero-order valence-electron chi connectivity index (χ0n) is 11.9. The highest BCUT2D eigenvalue weighted by Gasteiger charge is 2.07. The normalized spacial score (nSPS) is 11.4. The fourth-order valence-electron chi connectivity index (χ4n) is 2.09. The van der Waals surface area contributed by atoms with Crippen molar-refractivity contribution in [1.29, 1.82) is 0 Å². The fourth-order valence-corrected chi connectivity index (χ4v) is 3.44. The predicted molar refractivity (Wildman–Crippen MR) is 94.9 cm³/mol. The molecule has 0 saturated heterocycles. The second-order valence-electron chi connectivity index (χ2n) is 4.95. The number of aliphatic imine (C=N–C) groups is 1. The Kier molecular flexibility index (Phi) is 3.95. The van der Waals surface area contributed by atoms with Crippen molar-refractivity contribution in [3.63, 3.8) is 0 Å². The summed E-state index contributed by atoms with van der Waals surface area (Å²) in [5.74, 6) is 0. The van der Waals surface area contributed by atoms with E-state index in [1.165, 1.54) is 4.70 Å². The van der Waals surface area contributed by atoms with Gasteiger partial charge in [0.2, 0.25) is 0 Å².